The standard InChI is InChI=1S/C11H22N2O/c1-2-3-6-9-12-11(14)13-10-7-4-5-8-10/h10H,2-9H2,1H3,(H2,12,13,14). The molecule has 0 unspecified atom stereocenters. The van der Waals surface area contributed by atoms with Crippen LogP contribution in [0.25, 0.3) is 0 Å². The van der Waals surface area contributed by atoms with Crippen molar-refractivity contribution >= 4 is 6.03 Å². The Bertz CT molecular complexity index is 165. The summed E-state index contributed by atoms with van der Waals surface area (Å²) >= 11 is 0. The quantitative estimate of drug-likeness (QED) is 0.654. The number of nitrogens with one attached hydrogen (secondary N) is 2. The average molecular weight is 198 g/mol. The number of unbranched alkanes of at least 4 members (excludes halogenated alkanes) is 2. The summed E-state index contributed by atoms with van der Waals surface area (Å²) in [5, 5.41) is 5.90. The fraction of sp³-hybridized carbons (Fsp3) is 0.909. The summed E-state index contributed by atoms with van der Waals surface area (Å²) in [7, 11) is 0. The number of urea groups is 1. The van der Waals surface area contributed by atoms with Gasteiger partial charge in [-0.05, 0) is 19.3 Å². The summed E-state index contributed by atoms with van der Waals surface area (Å²) in [6, 6.07) is 0.453. The van der Waals surface area contributed by atoms with E-state index in [0.717, 1.165) is 25.8 Å². The maximum absolute atomic E-state index is 11.3. The molecular weight excluding hydrogens is 176 g/mol. The van der Waals surface area contributed by atoms with Crippen molar-refractivity contribution in [3.63, 3.8) is 0 Å². The Balaban J connectivity index is 1.98. The molecule has 14 heavy (non-hydrogen) atoms. The molecule has 0 atom stereocenters. The minimum absolute atomic E-state index is 0.0213. The van der Waals surface area contributed by atoms with Crippen molar-refractivity contribution in [1.29, 1.82) is 0 Å². The molecule has 82 valence electrons. The Morgan fingerprint density at radius 3 is 2.64 bits per heavy atom. The number of hydrogen-bond donors (Lipinski definition) is 2. The second-order valence-electron chi connectivity index (χ2n) is 4.09. The molecule has 2 N–H and O–H groups in total. The molecule has 2 amide bonds. The molecule has 0 saturated heterocycles. The van der Waals surface area contributed by atoms with Crippen molar-refractivity contribution in [2.45, 2.75) is 57.9 Å². The van der Waals surface area contributed by atoms with Crippen LogP contribution < -0.4 is 10.6 Å². The molecule has 3 nitrogen and oxygen atoms in total. The fourth-order valence-corrected chi connectivity index (χ4v) is 1.88. The summed E-state index contributed by atoms with van der Waals surface area (Å²) < 4.78 is 0. The average Bonchev–Trinajstić information content (AvgIpc) is 2.65. The Morgan fingerprint density at radius 2 is 2.00 bits per heavy atom. The van der Waals surface area contributed by atoms with Crippen LogP contribution in [0, 0.1) is 0 Å². The minimum Gasteiger partial charge on any atom is -0.338 e. The van der Waals surface area contributed by atoms with Crippen LogP contribution in [0.1, 0.15) is 51.9 Å². The molecule has 0 aliphatic heterocycles. The van der Waals surface area contributed by atoms with Crippen molar-refractivity contribution in [3.05, 3.63) is 0 Å². The molecule has 0 radical (unpaired) electrons. The van der Waals surface area contributed by atoms with Gasteiger partial charge in [-0.15, -0.1) is 0 Å². The van der Waals surface area contributed by atoms with Crippen LogP contribution in [0.2, 0.25) is 0 Å². The van der Waals surface area contributed by atoms with E-state index in [1.54, 1.807) is 0 Å². The molecule has 1 aliphatic rings. The summed E-state index contributed by atoms with van der Waals surface area (Å²) in [4.78, 5) is 11.3. The zero-order valence-electron chi connectivity index (χ0n) is 9.14. The first-order chi connectivity index (χ1) is 6.83. The third-order valence-corrected chi connectivity index (χ3v) is 2.76. The monoisotopic (exact) mass is 198 g/mol. The maximum atomic E-state index is 11.3. The zero-order valence-corrected chi connectivity index (χ0v) is 9.14. The topological polar surface area (TPSA) is 41.1 Å². The molecule has 0 heterocycles. The van der Waals surface area contributed by atoms with Gasteiger partial charge in [-0.25, -0.2) is 4.79 Å². The van der Waals surface area contributed by atoms with Gasteiger partial charge in [-0.1, -0.05) is 32.6 Å². The first kappa shape index (κ1) is 11.3. The molecule has 1 saturated carbocycles. The number of amides is 2. The van der Waals surface area contributed by atoms with Gasteiger partial charge in [0.1, 0.15) is 0 Å². The largest absolute Gasteiger partial charge is 0.338 e. The second-order valence-corrected chi connectivity index (χ2v) is 4.09. The molecule has 1 aliphatic carbocycles. The van der Waals surface area contributed by atoms with Gasteiger partial charge in [0.05, 0.1) is 0 Å². The van der Waals surface area contributed by atoms with Gasteiger partial charge in [-0.2, -0.15) is 0 Å². The van der Waals surface area contributed by atoms with Crippen molar-refractivity contribution in [3.8, 4) is 0 Å². The molecule has 0 aromatic rings. The van der Waals surface area contributed by atoms with Gasteiger partial charge in [0.25, 0.3) is 0 Å². The SMILES string of the molecule is CCCCCNC(=O)NC1CCCC1. The van der Waals surface area contributed by atoms with E-state index in [1.807, 2.05) is 0 Å². The molecular formula is C11H22N2O. The van der Waals surface area contributed by atoms with Crippen molar-refractivity contribution in [2.75, 3.05) is 6.54 Å². The fourth-order valence-electron chi connectivity index (χ4n) is 1.88. The van der Waals surface area contributed by atoms with Gasteiger partial charge in [0.2, 0.25) is 0 Å². The molecule has 1 fully saturated rings. The maximum Gasteiger partial charge on any atom is 0.315 e. The number of carbonyl (C=O) groups excluding carboxylic acids is 1. The van der Waals surface area contributed by atoms with E-state index in [4.69, 9.17) is 0 Å². The Labute approximate surface area is 86.6 Å². The summed E-state index contributed by atoms with van der Waals surface area (Å²) in [6.45, 7) is 2.98. The highest BCUT2D eigenvalue weighted by Gasteiger charge is 2.16. The van der Waals surface area contributed by atoms with Crippen LogP contribution in [0.15, 0.2) is 0 Å². The predicted molar refractivity (Wildman–Crippen MR) is 58.3 cm³/mol. The lowest BCUT2D eigenvalue weighted by atomic mass is 10.2. The summed E-state index contributed by atoms with van der Waals surface area (Å²) in [5.74, 6) is 0. The van der Waals surface area contributed by atoms with E-state index in [1.165, 1.54) is 25.7 Å². The van der Waals surface area contributed by atoms with E-state index < -0.39 is 0 Å². The molecule has 1 rings (SSSR count). The van der Waals surface area contributed by atoms with Crippen molar-refractivity contribution in [1.82, 2.24) is 10.6 Å². The Hall–Kier alpha value is -0.730. The van der Waals surface area contributed by atoms with Crippen LogP contribution in [0.5, 0.6) is 0 Å². The van der Waals surface area contributed by atoms with Crippen LogP contribution in [-0.4, -0.2) is 18.6 Å². The van der Waals surface area contributed by atoms with Crippen LogP contribution in [-0.2, 0) is 0 Å². The highest BCUT2D eigenvalue weighted by atomic mass is 16.2. The lowest BCUT2D eigenvalue weighted by molar-refractivity contribution is 0.237. The molecule has 0 bridgehead atoms. The smallest absolute Gasteiger partial charge is 0.315 e. The third kappa shape index (κ3) is 4.49. The van der Waals surface area contributed by atoms with E-state index in [-0.39, 0.29) is 6.03 Å². The highest BCUT2D eigenvalue weighted by Crippen LogP contribution is 2.17. The van der Waals surface area contributed by atoms with E-state index in [9.17, 15) is 4.79 Å². The molecule has 3 heteroatoms. The van der Waals surface area contributed by atoms with Gasteiger partial charge >= 0.3 is 6.03 Å². The summed E-state index contributed by atoms with van der Waals surface area (Å²) in [5.41, 5.74) is 0. The van der Waals surface area contributed by atoms with E-state index in [0.29, 0.717) is 6.04 Å². The second kappa shape index (κ2) is 6.68. The number of carbonyl (C=O) groups is 1. The Kier molecular flexibility index (Phi) is 5.42. The van der Waals surface area contributed by atoms with Gasteiger partial charge in [0.15, 0.2) is 0 Å². The minimum atomic E-state index is 0.0213. The molecule has 0 aromatic carbocycles. The van der Waals surface area contributed by atoms with Crippen LogP contribution >= 0.6 is 0 Å². The van der Waals surface area contributed by atoms with Crippen LogP contribution in [0.4, 0.5) is 4.79 Å². The molecule has 0 spiro atoms. The lowest BCUT2D eigenvalue weighted by Gasteiger charge is -2.12. The highest BCUT2D eigenvalue weighted by molar-refractivity contribution is 5.74. The number of hydrogen-bond acceptors (Lipinski definition) is 1. The van der Waals surface area contributed by atoms with Gasteiger partial charge in [0, 0.05) is 12.6 Å². The predicted octanol–water partition coefficient (Wildman–Crippen LogP) is 2.42. The normalized spacial score (nSPS) is 16.9. The van der Waals surface area contributed by atoms with Crippen molar-refractivity contribution in [2.24, 2.45) is 0 Å². The van der Waals surface area contributed by atoms with E-state index in [2.05, 4.69) is 17.6 Å². The summed E-state index contributed by atoms with van der Waals surface area (Å²) in [6.07, 6.45) is 8.33. The third-order valence-electron chi connectivity index (χ3n) is 2.76. The van der Waals surface area contributed by atoms with Gasteiger partial charge in [-0.3, -0.25) is 0 Å². The first-order valence-corrected chi connectivity index (χ1v) is 5.87. The number of rotatable bonds is 5. The van der Waals surface area contributed by atoms with Gasteiger partial charge < -0.3 is 10.6 Å². The Morgan fingerprint density at radius 1 is 1.29 bits per heavy atom. The van der Waals surface area contributed by atoms with Crippen LogP contribution in [0.3, 0.4) is 0 Å². The van der Waals surface area contributed by atoms with E-state index >= 15 is 0 Å². The van der Waals surface area contributed by atoms with Crippen molar-refractivity contribution < 1.29 is 4.79 Å². The lowest BCUT2D eigenvalue weighted by Crippen LogP contribution is -2.41. The molecule has 0 aromatic heterocycles. The zero-order chi connectivity index (χ0) is 10.2. The first-order valence-electron chi connectivity index (χ1n) is 5.87.